The van der Waals surface area contributed by atoms with Crippen molar-refractivity contribution in [3.63, 3.8) is 0 Å². The molecule has 0 saturated heterocycles. The van der Waals surface area contributed by atoms with Gasteiger partial charge >= 0.3 is 0 Å². The van der Waals surface area contributed by atoms with Crippen LogP contribution in [0, 0.1) is 25.5 Å². The van der Waals surface area contributed by atoms with E-state index < -0.39 is 0 Å². The van der Waals surface area contributed by atoms with E-state index in [1.165, 1.54) is 26.0 Å². The molecule has 0 nitrogen and oxygen atoms in total. The van der Waals surface area contributed by atoms with Crippen LogP contribution in [0.1, 0.15) is 25.0 Å². The smallest absolute Gasteiger partial charge is 0.126 e. The largest absolute Gasteiger partial charge is 0.207 e. The van der Waals surface area contributed by atoms with Gasteiger partial charge in [-0.2, -0.15) is 0 Å². The van der Waals surface area contributed by atoms with E-state index in [9.17, 15) is 8.78 Å². The Morgan fingerprint density at radius 1 is 0.833 bits per heavy atom. The highest BCUT2D eigenvalue weighted by molar-refractivity contribution is 5.23. The molecule has 0 amide bonds. The molecule has 0 spiro atoms. The van der Waals surface area contributed by atoms with Crippen LogP contribution in [0.25, 0.3) is 0 Å². The fraction of sp³-hybridized carbons (Fsp3) is 0.400. The molecule has 0 heterocycles. The molecule has 0 unspecified atom stereocenters. The fourth-order valence-electron chi connectivity index (χ4n) is 0.746. The molecular weight excluding hydrogens is 158 g/mol. The monoisotopic (exact) mass is 172 g/mol. The number of benzene rings is 1. The summed E-state index contributed by atoms with van der Waals surface area (Å²) in [5, 5.41) is 0. The zero-order valence-electron chi connectivity index (χ0n) is 7.91. The minimum atomic E-state index is -0.348. The predicted octanol–water partition coefficient (Wildman–Crippen LogP) is 3.61. The number of rotatable bonds is 0. The van der Waals surface area contributed by atoms with E-state index in [1.54, 1.807) is 0 Å². The Kier molecular flexibility index (Phi) is 4.49. The van der Waals surface area contributed by atoms with E-state index in [0.717, 1.165) is 0 Å². The zero-order chi connectivity index (χ0) is 9.72. The second kappa shape index (κ2) is 4.86. The number of hydrogen-bond donors (Lipinski definition) is 0. The van der Waals surface area contributed by atoms with Gasteiger partial charge in [0, 0.05) is 0 Å². The summed E-state index contributed by atoms with van der Waals surface area (Å²) in [5.41, 5.74) is 0.700. The summed E-state index contributed by atoms with van der Waals surface area (Å²) in [6.45, 7) is 7.08. The molecule has 1 aromatic carbocycles. The van der Waals surface area contributed by atoms with Crippen LogP contribution in [0.2, 0.25) is 0 Å². The van der Waals surface area contributed by atoms with E-state index in [4.69, 9.17) is 0 Å². The Hall–Kier alpha value is -0.920. The maximum Gasteiger partial charge on any atom is 0.126 e. The van der Waals surface area contributed by atoms with Gasteiger partial charge in [0.2, 0.25) is 0 Å². The average molecular weight is 172 g/mol. The molecule has 0 bridgehead atoms. The summed E-state index contributed by atoms with van der Waals surface area (Å²) in [7, 11) is 0. The first kappa shape index (κ1) is 11.1. The molecule has 0 fully saturated rings. The molecule has 12 heavy (non-hydrogen) atoms. The minimum Gasteiger partial charge on any atom is -0.207 e. The fourth-order valence-corrected chi connectivity index (χ4v) is 0.746. The first-order valence-electron chi connectivity index (χ1n) is 4.03. The molecule has 2 heteroatoms. The third-order valence-electron chi connectivity index (χ3n) is 1.44. The van der Waals surface area contributed by atoms with Gasteiger partial charge in [0.1, 0.15) is 11.6 Å². The SMILES string of the molecule is CC.Cc1cc(F)c(C)cc1F. The highest BCUT2D eigenvalue weighted by Gasteiger charge is 2.01. The molecule has 0 aliphatic carbocycles. The van der Waals surface area contributed by atoms with Crippen LogP contribution in [0.3, 0.4) is 0 Å². The van der Waals surface area contributed by atoms with Crippen molar-refractivity contribution in [2.24, 2.45) is 0 Å². The van der Waals surface area contributed by atoms with Crippen molar-refractivity contribution in [3.05, 3.63) is 34.9 Å². The summed E-state index contributed by atoms with van der Waals surface area (Å²) in [5.74, 6) is -0.696. The van der Waals surface area contributed by atoms with E-state index in [0.29, 0.717) is 11.1 Å². The number of aryl methyl sites for hydroxylation is 2. The van der Waals surface area contributed by atoms with E-state index in [-0.39, 0.29) is 11.6 Å². The Labute approximate surface area is 72.2 Å². The lowest BCUT2D eigenvalue weighted by atomic mass is 10.1. The summed E-state index contributed by atoms with van der Waals surface area (Å²) in [6.07, 6.45) is 0. The van der Waals surface area contributed by atoms with Crippen LogP contribution < -0.4 is 0 Å². The van der Waals surface area contributed by atoms with Gasteiger partial charge in [-0.25, -0.2) is 8.78 Å². The van der Waals surface area contributed by atoms with Crippen molar-refractivity contribution in [2.45, 2.75) is 27.7 Å². The second-order valence-corrected chi connectivity index (χ2v) is 2.35. The van der Waals surface area contributed by atoms with Crippen molar-refractivity contribution < 1.29 is 8.78 Å². The molecule has 0 aliphatic heterocycles. The van der Waals surface area contributed by atoms with Gasteiger partial charge in [0.15, 0.2) is 0 Å². The van der Waals surface area contributed by atoms with Gasteiger partial charge in [0.05, 0.1) is 0 Å². The molecule has 0 aromatic heterocycles. The first-order chi connectivity index (χ1) is 5.61. The van der Waals surface area contributed by atoms with Gasteiger partial charge in [0.25, 0.3) is 0 Å². The Balaban J connectivity index is 0.000000561. The zero-order valence-corrected chi connectivity index (χ0v) is 7.91. The summed E-state index contributed by atoms with van der Waals surface area (Å²) >= 11 is 0. The Bertz CT molecular complexity index is 204. The maximum absolute atomic E-state index is 12.6. The first-order valence-corrected chi connectivity index (χ1v) is 4.03. The third kappa shape index (κ3) is 2.61. The lowest BCUT2D eigenvalue weighted by Crippen LogP contribution is -1.88. The molecule has 68 valence electrons. The molecule has 0 saturated carbocycles. The molecule has 1 rings (SSSR count). The molecule has 0 aliphatic rings. The van der Waals surface area contributed by atoms with Crippen LogP contribution in [0.15, 0.2) is 12.1 Å². The quantitative estimate of drug-likeness (QED) is 0.560. The summed E-state index contributed by atoms with van der Waals surface area (Å²) in [6, 6.07) is 2.40. The highest BCUT2D eigenvalue weighted by atomic mass is 19.1. The van der Waals surface area contributed by atoms with Crippen LogP contribution in [0.4, 0.5) is 8.78 Å². The van der Waals surface area contributed by atoms with Crippen molar-refractivity contribution in [1.82, 2.24) is 0 Å². The van der Waals surface area contributed by atoms with E-state index in [2.05, 4.69) is 0 Å². The van der Waals surface area contributed by atoms with Crippen LogP contribution in [-0.2, 0) is 0 Å². The molecule has 0 atom stereocenters. The number of halogens is 2. The summed E-state index contributed by atoms with van der Waals surface area (Å²) < 4.78 is 25.2. The van der Waals surface area contributed by atoms with Crippen LogP contribution in [0.5, 0.6) is 0 Å². The normalized spacial score (nSPS) is 8.83. The lowest BCUT2D eigenvalue weighted by molar-refractivity contribution is 0.585. The van der Waals surface area contributed by atoms with Crippen LogP contribution >= 0.6 is 0 Å². The van der Waals surface area contributed by atoms with E-state index in [1.807, 2.05) is 13.8 Å². The van der Waals surface area contributed by atoms with Crippen molar-refractivity contribution in [2.75, 3.05) is 0 Å². The van der Waals surface area contributed by atoms with Crippen molar-refractivity contribution >= 4 is 0 Å². The Morgan fingerprint density at radius 2 is 1.08 bits per heavy atom. The van der Waals surface area contributed by atoms with E-state index >= 15 is 0 Å². The topological polar surface area (TPSA) is 0 Å². The van der Waals surface area contributed by atoms with Crippen LogP contribution in [-0.4, -0.2) is 0 Å². The minimum absolute atomic E-state index is 0.348. The molecule has 1 aromatic rings. The number of hydrogen-bond acceptors (Lipinski definition) is 0. The standard InChI is InChI=1S/C8H8F2.C2H6/c1-5-3-8(10)6(2)4-7(5)9;1-2/h3-4H,1-2H3;1-2H3. The highest BCUT2D eigenvalue weighted by Crippen LogP contribution is 2.12. The average Bonchev–Trinajstić information content (AvgIpc) is 2.05. The molecule has 0 radical (unpaired) electrons. The Morgan fingerprint density at radius 3 is 1.33 bits per heavy atom. The van der Waals surface area contributed by atoms with Crippen molar-refractivity contribution in [3.8, 4) is 0 Å². The van der Waals surface area contributed by atoms with Gasteiger partial charge in [-0.1, -0.05) is 13.8 Å². The third-order valence-corrected chi connectivity index (χ3v) is 1.44. The summed E-state index contributed by atoms with van der Waals surface area (Å²) in [4.78, 5) is 0. The maximum atomic E-state index is 12.6. The predicted molar refractivity (Wildman–Crippen MR) is 47.2 cm³/mol. The second-order valence-electron chi connectivity index (χ2n) is 2.35. The van der Waals surface area contributed by atoms with Gasteiger partial charge < -0.3 is 0 Å². The molecule has 0 N–H and O–H groups in total. The van der Waals surface area contributed by atoms with Crippen molar-refractivity contribution in [1.29, 1.82) is 0 Å². The van der Waals surface area contributed by atoms with Gasteiger partial charge in [-0.15, -0.1) is 0 Å². The lowest BCUT2D eigenvalue weighted by Gasteiger charge is -1.98. The molecular formula is C10H14F2. The van der Waals surface area contributed by atoms with Gasteiger partial charge in [-0.3, -0.25) is 0 Å². The van der Waals surface area contributed by atoms with Gasteiger partial charge in [-0.05, 0) is 37.1 Å².